The molecule has 0 aliphatic heterocycles. The molecule has 4 rings (SSSR count). The molecule has 0 aromatic heterocycles. The highest BCUT2D eigenvalue weighted by molar-refractivity contribution is 5.78. The Bertz CT molecular complexity index is 902. The lowest BCUT2D eigenvalue weighted by molar-refractivity contribution is 0.485. The summed E-state index contributed by atoms with van der Waals surface area (Å²) in [5.41, 5.74) is 8.72. The van der Waals surface area contributed by atoms with Crippen LogP contribution in [-0.4, -0.2) is 0 Å². The van der Waals surface area contributed by atoms with E-state index in [9.17, 15) is 4.39 Å². The second kappa shape index (κ2) is 11.2. The number of rotatable bonds is 3. The van der Waals surface area contributed by atoms with Gasteiger partial charge in [0.05, 0.1) is 0 Å². The minimum Gasteiger partial charge on any atom is -0.246 e. The standard InChI is InChI=1S/C16H14.C8H9F.C4H8/c1-2-7-12-13-8-3-5-10-15(13)16-11-6-4-9-14(12)16;1-7-3-2-4-8(5-7)6-9;1-4(2)3/h2-6,8-12H,1,7H2;2-5H,6H2,1H3;1H2,2-3H3. The van der Waals surface area contributed by atoms with Crippen LogP contribution in [0.15, 0.2) is 97.6 Å². The first-order valence-corrected chi connectivity index (χ1v) is 10.0. The van der Waals surface area contributed by atoms with Crippen LogP contribution in [0.4, 0.5) is 4.39 Å². The predicted octanol–water partition coefficient (Wildman–Crippen LogP) is 8.42. The average molecular weight is 387 g/mol. The summed E-state index contributed by atoms with van der Waals surface area (Å²) in [6.45, 7) is 13.0. The number of hydrogen-bond acceptors (Lipinski definition) is 0. The highest BCUT2D eigenvalue weighted by Crippen LogP contribution is 2.45. The molecule has 0 spiro atoms. The van der Waals surface area contributed by atoms with Gasteiger partial charge < -0.3 is 0 Å². The maximum Gasteiger partial charge on any atom is 0.115 e. The Labute approximate surface area is 175 Å². The van der Waals surface area contributed by atoms with Crippen LogP contribution >= 0.6 is 0 Å². The van der Waals surface area contributed by atoms with Gasteiger partial charge in [-0.15, -0.1) is 13.2 Å². The van der Waals surface area contributed by atoms with Crippen molar-refractivity contribution >= 4 is 0 Å². The van der Waals surface area contributed by atoms with E-state index < -0.39 is 0 Å². The number of aryl methyl sites for hydroxylation is 1. The Hall–Kier alpha value is -2.93. The van der Waals surface area contributed by atoms with Crippen LogP contribution in [0.25, 0.3) is 11.1 Å². The van der Waals surface area contributed by atoms with E-state index in [4.69, 9.17) is 0 Å². The van der Waals surface area contributed by atoms with Crippen molar-refractivity contribution < 1.29 is 4.39 Å². The molecule has 150 valence electrons. The van der Waals surface area contributed by atoms with Gasteiger partial charge in [0.2, 0.25) is 0 Å². The van der Waals surface area contributed by atoms with Gasteiger partial charge in [-0.2, -0.15) is 0 Å². The molecule has 0 atom stereocenters. The van der Waals surface area contributed by atoms with Gasteiger partial charge in [-0.3, -0.25) is 0 Å². The zero-order valence-corrected chi connectivity index (χ0v) is 17.8. The van der Waals surface area contributed by atoms with E-state index >= 15 is 0 Å². The highest BCUT2D eigenvalue weighted by atomic mass is 19.1. The summed E-state index contributed by atoms with van der Waals surface area (Å²) in [5.74, 6) is 0.505. The van der Waals surface area contributed by atoms with Crippen molar-refractivity contribution in [2.75, 3.05) is 0 Å². The van der Waals surface area contributed by atoms with E-state index in [0.29, 0.717) is 5.92 Å². The summed E-state index contributed by atoms with van der Waals surface area (Å²) in [7, 11) is 0. The molecule has 0 saturated carbocycles. The lowest BCUT2D eigenvalue weighted by Gasteiger charge is -2.10. The molecule has 1 aliphatic carbocycles. The fourth-order valence-corrected chi connectivity index (χ4v) is 3.48. The maximum atomic E-state index is 11.9. The van der Waals surface area contributed by atoms with Gasteiger partial charge in [0.25, 0.3) is 0 Å². The van der Waals surface area contributed by atoms with Crippen molar-refractivity contribution in [2.45, 2.75) is 39.8 Å². The van der Waals surface area contributed by atoms with Crippen molar-refractivity contribution in [1.29, 1.82) is 0 Å². The second-order valence-corrected chi connectivity index (χ2v) is 7.58. The number of hydrogen-bond donors (Lipinski definition) is 0. The first-order chi connectivity index (χ1) is 14.0. The van der Waals surface area contributed by atoms with Crippen LogP contribution in [0.3, 0.4) is 0 Å². The molecule has 0 saturated heterocycles. The fourth-order valence-electron chi connectivity index (χ4n) is 3.48. The highest BCUT2D eigenvalue weighted by Gasteiger charge is 2.26. The summed E-state index contributed by atoms with van der Waals surface area (Å²) < 4.78 is 11.9. The Morgan fingerprint density at radius 2 is 1.41 bits per heavy atom. The van der Waals surface area contributed by atoms with Crippen LogP contribution in [-0.2, 0) is 6.67 Å². The third-order valence-corrected chi connectivity index (χ3v) is 4.60. The number of fused-ring (bicyclic) bond motifs is 3. The molecular weight excluding hydrogens is 355 g/mol. The minimum atomic E-state index is -0.359. The largest absolute Gasteiger partial charge is 0.246 e. The minimum absolute atomic E-state index is 0.359. The van der Waals surface area contributed by atoms with E-state index in [1.807, 2.05) is 45.0 Å². The Balaban J connectivity index is 0.000000195. The Morgan fingerprint density at radius 1 is 0.897 bits per heavy atom. The van der Waals surface area contributed by atoms with Gasteiger partial charge in [0.15, 0.2) is 0 Å². The lowest BCUT2D eigenvalue weighted by Crippen LogP contribution is -1.93. The Morgan fingerprint density at radius 3 is 1.83 bits per heavy atom. The smallest absolute Gasteiger partial charge is 0.115 e. The van der Waals surface area contributed by atoms with Gasteiger partial charge in [-0.25, -0.2) is 4.39 Å². The monoisotopic (exact) mass is 386 g/mol. The molecule has 1 aliphatic rings. The van der Waals surface area contributed by atoms with Gasteiger partial charge in [0, 0.05) is 5.92 Å². The molecule has 3 aromatic carbocycles. The molecule has 0 heterocycles. The SMILES string of the molecule is C=C(C)C.C=CCC1c2ccccc2-c2ccccc21.Cc1cccc(CF)c1. The average Bonchev–Trinajstić information content (AvgIpc) is 3.03. The number of alkyl halides is 1. The summed E-state index contributed by atoms with van der Waals surface area (Å²) >= 11 is 0. The molecule has 0 nitrogen and oxygen atoms in total. The first kappa shape index (κ1) is 22.4. The molecule has 0 N–H and O–H groups in total. The molecule has 0 amide bonds. The summed E-state index contributed by atoms with van der Waals surface area (Å²) in [4.78, 5) is 0. The van der Waals surface area contributed by atoms with E-state index in [1.165, 1.54) is 27.8 Å². The van der Waals surface area contributed by atoms with Crippen molar-refractivity contribution in [3.8, 4) is 11.1 Å². The van der Waals surface area contributed by atoms with Crippen molar-refractivity contribution in [3.63, 3.8) is 0 Å². The third-order valence-electron chi connectivity index (χ3n) is 4.60. The number of benzene rings is 3. The zero-order chi connectivity index (χ0) is 21.2. The second-order valence-electron chi connectivity index (χ2n) is 7.58. The van der Waals surface area contributed by atoms with E-state index in [-0.39, 0.29) is 6.67 Å². The van der Waals surface area contributed by atoms with Gasteiger partial charge in [-0.1, -0.05) is 90.0 Å². The molecule has 0 bridgehead atoms. The summed E-state index contributed by atoms with van der Waals surface area (Å²) in [5, 5.41) is 0. The Kier molecular flexibility index (Phi) is 8.61. The van der Waals surface area contributed by atoms with Gasteiger partial charge in [-0.05, 0) is 55.0 Å². The summed E-state index contributed by atoms with van der Waals surface area (Å²) in [6, 6.07) is 24.9. The predicted molar refractivity (Wildman–Crippen MR) is 125 cm³/mol. The molecule has 3 aromatic rings. The quantitative estimate of drug-likeness (QED) is 0.396. The topological polar surface area (TPSA) is 0 Å². The summed E-state index contributed by atoms with van der Waals surface area (Å²) in [6.07, 6.45) is 3.04. The number of halogens is 1. The maximum absolute atomic E-state index is 11.9. The lowest BCUT2D eigenvalue weighted by atomic mass is 9.94. The fraction of sp³-hybridized carbons (Fsp3) is 0.214. The van der Waals surface area contributed by atoms with Crippen LogP contribution in [0, 0.1) is 6.92 Å². The zero-order valence-electron chi connectivity index (χ0n) is 17.8. The van der Waals surface area contributed by atoms with Crippen molar-refractivity contribution in [1.82, 2.24) is 0 Å². The van der Waals surface area contributed by atoms with Crippen molar-refractivity contribution in [3.05, 3.63) is 120 Å². The molecule has 1 heteroatoms. The third kappa shape index (κ3) is 6.29. The first-order valence-electron chi connectivity index (χ1n) is 10.0. The molecule has 29 heavy (non-hydrogen) atoms. The van der Waals surface area contributed by atoms with Crippen LogP contribution < -0.4 is 0 Å². The van der Waals surface area contributed by atoms with Gasteiger partial charge in [0.1, 0.15) is 6.67 Å². The van der Waals surface area contributed by atoms with E-state index in [1.54, 1.807) is 6.07 Å². The van der Waals surface area contributed by atoms with E-state index in [2.05, 4.69) is 61.7 Å². The van der Waals surface area contributed by atoms with Crippen LogP contribution in [0.2, 0.25) is 0 Å². The van der Waals surface area contributed by atoms with Crippen LogP contribution in [0.1, 0.15) is 48.4 Å². The van der Waals surface area contributed by atoms with Gasteiger partial charge >= 0.3 is 0 Å². The number of allylic oxidation sites excluding steroid dienone is 2. The van der Waals surface area contributed by atoms with Crippen molar-refractivity contribution in [2.24, 2.45) is 0 Å². The van der Waals surface area contributed by atoms with E-state index in [0.717, 1.165) is 17.5 Å². The molecule has 0 radical (unpaired) electrons. The molecule has 0 fully saturated rings. The molecule has 0 unspecified atom stereocenters. The molecular formula is C28H31F. The van der Waals surface area contributed by atoms with Crippen LogP contribution in [0.5, 0.6) is 0 Å². The normalized spacial score (nSPS) is 11.2.